The summed E-state index contributed by atoms with van der Waals surface area (Å²) in [7, 11) is 0. The normalized spacial score (nSPS) is 10.3. The predicted octanol–water partition coefficient (Wildman–Crippen LogP) is 2.26. The van der Waals surface area contributed by atoms with Crippen molar-refractivity contribution in [1.29, 1.82) is 0 Å². The van der Waals surface area contributed by atoms with Gasteiger partial charge in [0.25, 0.3) is 5.91 Å². The van der Waals surface area contributed by atoms with E-state index < -0.39 is 4.92 Å². The standard InChI is InChI=1S/C14H15N3O3S/c15-8-9-16(10-11-4-2-1-3-5-11)14(18)12-6-7-13(21-12)17(19)20/h1-7H,8-10,15H2. The summed E-state index contributed by atoms with van der Waals surface area (Å²) in [5, 5.41) is 10.7. The first kappa shape index (κ1) is 15.1. The van der Waals surface area contributed by atoms with Crippen molar-refractivity contribution in [2.24, 2.45) is 5.73 Å². The highest BCUT2D eigenvalue weighted by molar-refractivity contribution is 7.17. The van der Waals surface area contributed by atoms with E-state index in [1.807, 2.05) is 30.3 Å². The molecular formula is C14H15N3O3S. The Hall–Kier alpha value is -2.25. The van der Waals surface area contributed by atoms with Gasteiger partial charge in [-0.3, -0.25) is 14.9 Å². The Balaban J connectivity index is 2.16. The van der Waals surface area contributed by atoms with Crippen LogP contribution in [-0.2, 0) is 6.54 Å². The van der Waals surface area contributed by atoms with Gasteiger partial charge in [0.1, 0.15) is 0 Å². The fourth-order valence-electron chi connectivity index (χ4n) is 1.91. The van der Waals surface area contributed by atoms with Crippen molar-refractivity contribution >= 4 is 22.2 Å². The zero-order valence-corrected chi connectivity index (χ0v) is 12.1. The van der Waals surface area contributed by atoms with E-state index in [4.69, 9.17) is 5.73 Å². The minimum atomic E-state index is -0.494. The van der Waals surface area contributed by atoms with Crippen LogP contribution in [0.5, 0.6) is 0 Å². The molecule has 6 nitrogen and oxygen atoms in total. The van der Waals surface area contributed by atoms with Crippen molar-refractivity contribution < 1.29 is 9.72 Å². The summed E-state index contributed by atoms with van der Waals surface area (Å²) < 4.78 is 0. The van der Waals surface area contributed by atoms with Crippen LogP contribution in [-0.4, -0.2) is 28.8 Å². The van der Waals surface area contributed by atoms with Crippen molar-refractivity contribution in [1.82, 2.24) is 4.90 Å². The Morgan fingerprint density at radius 3 is 2.52 bits per heavy atom. The zero-order valence-electron chi connectivity index (χ0n) is 11.3. The molecule has 2 rings (SSSR count). The summed E-state index contributed by atoms with van der Waals surface area (Å²) in [5.41, 5.74) is 6.54. The number of carbonyl (C=O) groups excluding carboxylic acids is 1. The molecule has 0 saturated carbocycles. The van der Waals surface area contributed by atoms with Crippen molar-refractivity contribution in [3.63, 3.8) is 0 Å². The second-order valence-electron chi connectivity index (χ2n) is 4.40. The van der Waals surface area contributed by atoms with E-state index in [1.165, 1.54) is 12.1 Å². The molecule has 1 amide bonds. The lowest BCUT2D eigenvalue weighted by atomic mass is 10.2. The van der Waals surface area contributed by atoms with E-state index in [1.54, 1.807) is 4.90 Å². The number of carbonyl (C=O) groups is 1. The largest absolute Gasteiger partial charge is 0.332 e. The second kappa shape index (κ2) is 6.96. The number of nitrogens with zero attached hydrogens (tertiary/aromatic N) is 2. The number of hydrogen-bond donors (Lipinski definition) is 1. The van der Waals surface area contributed by atoms with Crippen LogP contribution in [0.1, 0.15) is 15.2 Å². The maximum atomic E-state index is 12.4. The number of rotatable bonds is 6. The highest BCUT2D eigenvalue weighted by Gasteiger charge is 2.20. The van der Waals surface area contributed by atoms with Gasteiger partial charge in [-0.05, 0) is 11.6 Å². The van der Waals surface area contributed by atoms with Crippen molar-refractivity contribution in [3.8, 4) is 0 Å². The topological polar surface area (TPSA) is 89.5 Å². The third-order valence-electron chi connectivity index (χ3n) is 2.89. The minimum Gasteiger partial charge on any atom is -0.332 e. The Labute approximate surface area is 126 Å². The number of nitrogens with two attached hydrogens (primary N) is 1. The van der Waals surface area contributed by atoms with Crippen molar-refractivity contribution in [3.05, 3.63) is 63.0 Å². The second-order valence-corrected chi connectivity index (χ2v) is 5.46. The molecule has 2 N–H and O–H groups in total. The fourth-order valence-corrected chi connectivity index (χ4v) is 2.70. The molecule has 0 bridgehead atoms. The van der Waals surface area contributed by atoms with Gasteiger partial charge in [0.2, 0.25) is 0 Å². The highest BCUT2D eigenvalue weighted by Crippen LogP contribution is 2.25. The monoisotopic (exact) mass is 305 g/mol. The van der Waals surface area contributed by atoms with Gasteiger partial charge in [0.15, 0.2) is 0 Å². The first-order valence-electron chi connectivity index (χ1n) is 6.39. The van der Waals surface area contributed by atoms with Gasteiger partial charge >= 0.3 is 5.00 Å². The molecule has 1 aromatic heterocycles. The maximum Gasteiger partial charge on any atom is 0.324 e. The molecule has 0 unspecified atom stereocenters. The number of nitro groups is 1. The van der Waals surface area contributed by atoms with Gasteiger partial charge < -0.3 is 10.6 Å². The highest BCUT2D eigenvalue weighted by atomic mass is 32.1. The van der Waals surface area contributed by atoms with Gasteiger partial charge in [-0.25, -0.2) is 0 Å². The molecule has 0 saturated heterocycles. The van der Waals surface area contributed by atoms with Crippen LogP contribution in [0.15, 0.2) is 42.5 Å². The van der Waals surface area contributed by atoms with Gasteiger partial charge in [-0.2, -0.15) is 0 Å². The Kier molecular flexibility index (Phi) is 5.02. The summed E-state index contributed by atoms with van der Waals surface area (Å²) >= 11 is 0.883. The summed E-state index contributed by atoms with van der Waals surface area (Å²) in [4.78, 5) is 24.6. The first-order valence-corrected chi connectivity index (χ1v) is 7.21. The summed E-state index contributed by atoms with van der Waals surface area (Å²) in [5.74, 6) is -0.234. The summed E-state index contributed by atoms with van der Waals surface area (Å²) in [6.07, 6.45) is 0. The van der Waals surface area contributed by atoms with Crippen LogP contribution in [0.25, 0.3) is 0 Å². The van der Waals surface area contributed by atoms with Crippen molar-refractivity contribution in [2.75, 3.05) is 13.1 Å². The van der Waals surface area contributed by atoms with E-state index in [0.717, 1.165) is 16.9 Å². The molecule has 0 aliphatic heterocycles. The number of amides is 1. The van der Waals surface area contributed by atoms with Gasteiger partial charge in [0.05, 0.1) is 9.80 Å². The lowest BCUT2D eigenvalue weighted by Crippen LogP contribution is -2.34. The molecule has 21 heavy (non-hydrogen) atoms. The van der Waals surface area contributed by atoms with Gasteiger partial charge in [-0.15, -0.1) is 0 Å². The number of thiophene rings is 1. The molecule has 2 aromatic rings. The Bertz CT molecular complexity index is 627. The molecular weight excluding hydrogens is 290 g/mol. The molecule has 0 aliphatic rings. The predicted molar refractivity (Wildman–Crippen MR) is 81.2 cm³/mol. The summed E-state index contributed by atoms with van der Waals surface area (Å²) in [6, 6.07) is 12.4. The lowest BCUT2D eigenvalue weighted by molar-refractivity contribution is -0.380. The van der Waals surface area contributed by atoms with Gasteiger partial charge in [-0.1, -0.05) is 41.7 Å². The zero-order chi connectivity index (χ0) is 15.2. The fraction of sp³-hybridized carbons (Fsp3) is 0.214. The van der Waals surface area contributed by atoms with Crippen LogP contribution in [0.2, 0.25) is 0 Å². The average Bonchev–Trinajstić information content (AvgIpc) is 2.97. The van der Waals surface area contributed by atoms with E-state index in [2.05, 4.69) is 0 Å². The van der Waals surface area contributed by atoms with E-state index in [-0.39, 0.29) is 10.9 Å². The van der Waals surface area contributed by atoms with Crippen LogP contribution in [0, 0.1) is 10.1 Å². The van der Waals surface area contributed by atoms with E-state index in [0.29, 0.717) is 24.5 Å². The van der Waals surface area contributed by atoms with Crippen LogP contribution in [0.4, 0.5) is 5.00 Å². The third kappa shape index (κ3) is 3.87. The molecule has 0 radical (unpaired) electrons. The first-order chi connectivity index (χ1) is 10.1. The van der Waals surface area contributed by atoms with E-state index >= 15 is 0 Å². The quantitative estimate of drug-likeness (QED) is 0.654. The SMILES string of the molecule is NCCN(Cc1ccccc1)C(=O)c1ccc([N+](=O)[O-])s1. The Morgan fingerprint density at radius 2 is 1.95 bits per heavy atom. The van der Waals surface area contributed by atoms with Crippen molar-refractivity contribution in [2.45, 2.75) is 6.54 Å². The molecule has 0 aliphatic carbocycles. The molecule has 1 heterocycles. The lowest BCUT2D eigenvalue weighted by Gasteiger charge is -2.21. The molecule has 1 aromatic carbocycles. The van der Waals surface area contributed by atoms with E-state index in [9.17, 15) is 14.9 Å². The Morgan fingerprint density at radius 1 is 1.24 bits per heavy atom. The molecule has 7 heteroatoms. The van der Waals surface area contributed by atoms with Crippen LogP contribution < -0.4 is 5.73 Å². The smallest absolute Gasteiger partial charge is 0.324 e. The molecule has 0 atom stereocenters. The summed E-state index contributed by atoms with van der Waals surface area (Å²) in [6.45, 7) is 1.17. The molecule has 0 spiro atoms. The maximum absolute atomic E-state index is 12.4. The van der Waals surface area contributed by atoms with Crippen LogP contribution >= 0.6 is 11.3 Å². The third-order valence-corrected chi connectivity index (χ3v) is 3.91. The molecule has 0 fully saturated rings. The average molecular weight is 305 g/mol. The number of benzene rings is 1. The molecule has 110 valence electrons. The minimum absolute atomic E-state index is 0.0363. The number of hydrogen-bond acceptors (Lipinski definition) is 5. The van der Waals surface area contributed by atoms with Crippen LogP contribution in [0.3, 0.4) is 0 Å². The van der Waals surface area contributed by atoms with Gasteiger partial charge in [0, 0.05) is 25.7 Å².